The second kappa shape index (κ2) is 8.03. The first-order chi connectivity index (χ1) is 6.20. The molecule has 0 N–H and O–H groups in total. The summed E-state index contributed by atoms with van der Waals surface area (Å²) in [4.78, 5) is 0. The SMILES string of the molecule is CC/C=C\C(=C/C(C)F)CCCC. The molecule has 0 aliphatic carbocycles. The predicted molar refractivity (Wildman–Crippen MR) is 57.6 cm³/mol. The number of rotatable bonds is 6. The third-order valence-corrected chi connectivity index (χ3v) is 1.83. The maximum Gasteiger partial charge on any atom is 0.116 e. The van der Waals surface area contributed by atoms with E-state index in [1.807, 2.05) is 6.08 Å². The number of alkyl halides is 1. The van der Waals surface area contributed by atoms with E-state index in [4.69, 9.17) is 0 Å². The minimum absolute atomic E-state index is 0.826. The number of unbranched alkanes of at least 4 members (excludes halogenated alkanes) is 1. The fourth-order valence-electron chi connectivity index (χ4n) is 1.17. The van der Waals surface area contributed by atoms with Crippen LogP contribution in [0, 0.1) is 0 Å². The molecule has 0 heterocycles. The first-order valence-electron chi connectivity index (χ1n) is 5.22. The van der Waals surface area contributed by atoms with Crippen LogP contribution in [0.1, 0.15) is 46.5 Å². The lowest BCUT2D eigenvalue weighted by Gasteiger charge is -2.01. The highest BCUT2D eigenvalue weighted by molar-refractivity contribution is 5.19. The van der Waals surface area contributed by atoms with Gasteiger partial charge in [0.05, 0.1) is 0 Å². The van der Waals surface area contributed by atoms with Gasteiger partial charge in [0, 0.05) is 0 Å². The van der Waals surface area contributed by atoms with Crippen LogP contribution in [0.4, 0.5) is 4.39 Å². The molecular weight excluding hydrogens is 163 g/mol. The molecule has 0 aromatic heterocycles. The zero-order chi connectivity index (χ0) is 10.1. The van der Waals surface area contributed by atoms with Gasteiger partial charge in [0.25, 0.3) is 0 Å². The molecule has 0 aromatic carbocycles. The number of allylic oxidation sites excluding steroid dienone is 4. The molecule has 1 unspecified atom stereocenters. The van der Waals surface area contributed by atoms with Crippen molar-refractivity contribution in [3.05, 3.63) is 23.8 Å². The Labute approximate surface area is 81.5 Å². The van der Waals surface area contributed by atoms with E-state index < -0.39 is 6.17 Å². The molecule has 0 saturated heterocycles. The van der Waals surface area contributed by atoms with Crippen LogP contribution in [-0.2, 0) is 0 Å². The van der Waals surface area contributed by atoms with E-state index in [1.165, 1.54) is 0 Å². The number of hydrogen-bond acceptors (Lipinski definition) is 0. The Balaban J connectivity index is 4.10. The summed E-state index contributed by atoms with van der Waals surface area (Å²) in [5.41, 5.74) is 1.14. The highest BCUT2D eigenvalue weighted by Crippen LogP contribution is 2.11. The van der Waals surface area contributed by atoms with E-state index >= 15 is 0 Å². The van der Waals surface area contributed by atoms with Gasteiger partial charge in [-0.3, -0.25) is 0 Å². The van der Waals surface area contributed by atoms with Crippen LogP contribution in [0.3, 0.4) is 0 Å². The monoisotopic (exact) mass is 184 g/mol. The average Bonchev–Trinajstić information content (AvgIpc) is 2.09. The quantitative estimate of drug-likeness (QED) is 0.536. The van der Waals surface area contributed by atoms with Crippen molar-refractivity contribution in [1.29, 1.82) is 0 Å². The van der Waals surface area contributed by atoms with E-state index in [0.717, 1.165) is 31.3 Å². The standard InChI is InChI=1S/C12H21F/c1-4-6-8-12(9-7-5-2)10-11(3)13/h6,8,10-11H,4-5,7,9H2,1-3H3/b8-6-,12-10+. The van der Waals surface area contributed by atoms with Gasteiger partial charge >= 0.3 is 0 Å². The molecule has 1 heteroatoms. The highest BCUT2D eigenvalue weighted by atomic mass is 19.1. The zero-order valence-corrected chi connectivity index (χ0v) is 9.02. The van der Waals surface area contributed by atoms with Gasteiger partial charge in [-0.25, -0.2) is 4.39 Å². The van der Waals surface area contributed by atoms with Crippen molar-refractivity contribution in [1.82, 2.24) is 0 Å². The van der Waals surface area contributed by atoms with E-state index in [2.05, 4.69) is 19.9 Å². The molecule has 13 heavy (non-hydrogen) atoms. The summed E-state index contributed by atoms with van der Waals surface area (Å²) in [5, 5.41) is 0. The molecule has 0 aliphatic heterocycles. The number of hydrogen-bond donors (Lipinski definition) is 0. The summed E-state index contributed by atoms with van der Waals surface area (Å²) in [5.74, 6) is 0. The molecular formula is C12H21F. The van der Waals surface area contributed by atoms with Gasteiger partial charge in [-0.2, -0.15) is 0 Å². The molecule has 0 aliphatic rings. The molecule has 76 valence electrons. The third kappa shape index (κ3) is 7.76. The Bertz CT molecular complexity index is 166. The minimum atomic E-state index is -0.826. The molecule has 0 spiro atoms. The van der Waals surface area contributed by atoms with Crippen molar-refractivity contribution < 1.29 is 4.39 Å². The fourth-order valence-corrected chi connectivity index (χ4v) is 1.17. The third-order valence-electron chi connectivity index (χ3n) is 1.83. The van der Waals surface area contributed by atoms with Gasteiger partial charge in [0.15, 0.2) is 0 Å². The Morgan fingerprint density at radius 1 is 1.38 bits per heavy atom. The Kier molecular flexibility index (Phi) is 7.66. The maximum absolute atomic E-state index is 12.7. The van der Waals surface area contributed by atoms with Gasteiger partial charge in [0.2, 0.25) is 0 Å². The van der Waals surface area contributed by atoms with E-state index in [0.29, 0.717) is 0 Å². The van der Waals surface area contributed by atoms with Gasteiger partial charge in [0.1, 0.15) is 6.17 Å². The molecule has 1 atom stereocenters. The molecule has 0 radical (unpaired) electrons. The van der Waals surface area contributed by atoms with E-state index in [9.17, 15) is 4.39 Å². The summed E-state index contributed by atoms with van der Waals surface area (Å²) in [6.45, 7) is 5.82. The maximum atomic E-state index is 12.7. The fraction of sp³-hybridized carbons (Fsp3) is 0.667. The van der Waals surface area contributed by atoms with Gasteiger partial charge < -0.3 is 0 Å². The van der Waals surface area contributed by atoms with Crippen molar-refractivity contribution in [2.45, 2.75) is 52.6 Å². The van der Waals surface area contributed by atoms with Gasteiger partial charge in [-0.1, -0.05) is 32.4 Å². The lowest BCUT2D eigenvalue weighted by molar-refractivity contribution is 0.428. The van der Waals surface area contributed by atoms with Crippen molar-refractivity contribution in [2.75, 3.05) is 0 Å². The summed E-state index contributed by atoms with van der Waals surface area (Å²) in [6, 6.07) is 0. The van der Waals surface area contributed by atoms with Crippen LogP contribution in [0.25, 0.3) is 0 Å². The van der Waals surface area contributed by atoms with Crippen LogP contribution < -0.4 is 0 Å². The summed E-state index contributed by atoms with van der Waals surface area (Å²) < 4.78 is 12.7. The van der Waals surface area contributed by atoms with Crippen LogP contribution in [0.2, 0.25) is 0 Å². The number of halogens is 1. The highest BCUT2D eigenvalue weighted by Gasteiger charge is 1.96. The average molecular weight is 184 g/mol. The zero-order valence-electron chi connectivity index (χ0n) is 9.02. The molecule has 0 nitrogen and oxygen atoms in total. The van der Waals surface area contributed by atoms with Gasteiger partial charge in [-0.05, 0) is 37.8 Å². The van der Waals surface area contributed by atoms with Crippen LogP contribution >= 0.6 is 0 Å². The second-order valence-electron chi connectivity index (χ2n) is 3.33. The Morgan fingerprint density at radius 3 is 2.54 bits per heavy atom. The van der Waals surface area contributed by atoms with Crippen LogP contribution in [0.15, 0.2) is 23.8 Å². The smallest absolute Gasteiger partial charge is 0.116 e. The predicted octanol–water partition coefficient (Wildman–Crippen LogP) is 4.43. The first-order valence-corrected chi connectivity index (χ1v) is 5.22. The Hall–Kier alpha value is -0.590. The van der Waals surface area contributed by atoms with Crippen molar-refractivity contribution in [3.63, 3.8) is 0 Å². The summed E-state index contributed by atoms with van der Waals surface area (Å²) in [6.07, 6.45) is 9.35. The lowest BCUT2D eigenvalue weighted by Crippen LogP contribution is -1.89. The van der Waals surface area contributed by atoms with Gasteiger partial charge in [-0.15, -0.1) is 0 Å². The van der Waals surface area contributed by atoms with E-state index in [-0.39, 0.29) is 0 Å². The van der Waals surface area contributed by atoms with Crippen molar-refractivity contribution in [3.8, 4) is 0 Å². The largest absolute Gasteiger partial charge is 0.243 e. The normalized spacial score (nSPS) is 15.2. The molecule has 0 saturated carbocycles. The Morgan fingerprint density at radius 2 is 2.08 bits per heavy atom. The molecule has 0 rings (SSSR count). The molecule has 0 amide bonds. The topological polar surface area (TPSA) is 0 Å². The van der Waals surface area contributed by atoms with Crippen molar-refractivity contribution >= 4 is 0 Å². The van der Waals surface area contributed by atoms with Crippen molar-refractivity contribution in [2.24, 2.45) is 0 Å². The second-order valence-corrected chi connectivity index (χ2v) is 3.33. The summed E-state index contributed by atoms with van der Waals surface area (Å²) in [7, 11) is 0. The van der Waals surface area contributed by atoms with E-state index in [1.54, 1.807) is 13.0 Å². The molecule has 0 aromatic rings. The first kappa shape index (κ1) is 12.4. The lowest BCUT2D eigenvalue weighted by atomic mass is 10.1. The molecule has 0 fully saturated rings. The summed E-state index contributed by atoms with van der Waals surface area (Å²) >= 11 is 0. The van der Waals surface area contributed by atoms with Crippen LogP contribution in [0.5, 0.6) is 0 Å². The molecule has 0 bridgehead atoms. The van der Waals surface area contributed by atoms with Crippen LogP contribution in [-0.4, -0.2) is 6.17 Å². The minimum Gasteiger partial charge on any atom is -0.243 e.